The first-order valence-corrected chi connectivity index (χ1v) is 6.19. The molecule has 0 fully saturated rings. The SMILES string of the molecule is CC(CC(=N)c1ccc(Br)cc1C#N)N(C)C. The highest BCUT2D eigenvalue weighted by Gasteiger charge is 2.13. The van der Waals surface area contributed by atoms with Gasteiger partial charge in [-0.3, -0.25) is 0 Å². The van der Waals surface area contributed by atoms with Gasteiger partial charge in [0, 0.05) is 28.2 Å². The van der Waals surface area contributed by atoms with Crippen LogP contribution in [-0.2, 0) is 0 Å². The highest BCUT2D eigenvalue weighted by molar-refractivity contribution is 9.10. The summed E-state index contributed by atoms with van der Waals surface area (Å²) in [5.74, 6) is 0. The fourth-order valence-electron chi connectivity index (χ4n) is 1.46. The normalized spacial score (nSPS) is 12.2. The molecule has 0 bridgehead atoms. The first-order valence-electron chi connectivity index (χ1n) is 5.39. The van der Waals surface area contributed by atoms with E-state index >= 15 is 0 Å². The lowest BCUT2D eigenvalue weighted by Gasteiger charge is -2.20. The number of halogens is 1. The molecule has 0 radical (unpaired) electrons. The second kappa shape index (κ2) is 5.95. The van der Waals surface area contributed by atoms with Gasteiger partial charge in [-0.1, -0.05) is 22.0 Å². The molecule has 1 aromatic rings. The number of hydrogen-bond acceptors (Lipinski definition) is 3. The standard InChI is InChI=1S/C13H16BrN3/c1-9(17(2)3)6-13(16)12-5-4-11(14)7-10(12)8-15/h4-5,7,9,16H,6H2,1-3H3. The molecule has 0 heterocycles. The maximum Gasteiger partial charge on any atom is 0.0999 e. The van der Waals surface area contributed by atoms with Crippen LogP contribution in [-0.4, -0.2) is 30.7 Å². The van der Waals surface area contributed by atoms with E-state index in [1.54, 1.807) is 6.07 Å². The van der Waals surface area contributed by atoms with Gasteiger partial charge in [0.15, 0.2) is 0 Å². The van der Waals surface area contributed by atoms with Crippen LogP contribution < -0.4 is 0 Å². The number of benzene rings is 1. The van der Waals surface area contributed by atoms with Gasteiger partial charge in [-0.2, -0.15) is 5.26 Å². The third-order valence-corrected chi connectivity index (χ3v) is 3.30. The number of rotatable bonds is 4. The van der Waals surface area contributed by atoms with E-state index in [-0.39, 0.29) is 6.04 Å². The van der Waals surface area contributed by atoms with Gasteiger partial charge in [0.05, 0.1) is 11.6 Å². The Morgan fingerprint density at radius 2 is 2.18 bits per heavy atom. The molecule has 4 heteroatoms. The molecule has 0 aromatic heterocycles. The van der Waals surface area contributed by atoms with Crippen LogP contribution in [0.1, 0.15) is 24.5 Å². The van der Waals surface area contributed by atoms with Gasteiger partial charge in [-0.15, -0.1) is 0 Å². The average Bonchev–Trinajstić information content (AvgIpc) is 2.28. The highest BCUT2D eigenvalue weighted by atomic mass is 79.9. The lowest BCUT2D eigenvalue weighted by Crippen LogP contribution is -2.27. The third-order valence-electron chi connectivity index (χ3n) is 2.81. The van der Waals surface area contributed by atoms with Crippen molar-refractivity contribution < 1.29 is 0 Å². The fraction of sp³-hybridized carbons (Fsp3) is 0.385. The first-order chi connectivity index (χ1) is 7.95. The molecule has 1 atom stereocenters. The molecule has 1 unspecified atom stereocenters. The molecule has 0 amide bonds. The molecule has 90 valence electrons. The summed E-state index contributed by atoms with van der Waals surface area (Å²) < 4.78 is 0.867. The Bertz CT molecular complexity index is 460. The Balaban J connectivity index is 2.94. The van der Waals surface area contributed by atoms with Crippen LogP contribution in [0.3, 0.4) is 0 Å². The van der Waals surface area contributed by atoms with Crippen molar-refractivity contribution in [1.29, 1.82) is 10.7 Å². The van der Waals surface area contributed by atoms with E-state index in [1.165, 1.54) is 0 Å². The highest BCUT2D eigenvalue weighted by Crippen LogP contribution is 2.18. The number of hydrogen-bond donors (Lipinski definition) is 1. The van der Waals surface area contributed by atoms with E-state index in [0.717, 1.165) is 10.0 Å². The van der Waals surface area contributed by atoms with Crippen molar-refractivity contribution in [1.82, 2.24) is 4.90 Å². The summed E-state index contributed by atoms with van der Waals surface area (Å²) in [6.45, 7) is 2.07. The second-order valence-electron chi connectivity index (χ2n) is 4.30. The monoisotopic (exact) mass is 293 g/mol. The number of nitrogens with zero attached hydrogens (tertiary/aromatic N) is 2. The van der Waals surface area contributed by atoms with Crippen molar-refractivity contribution in [2.45, 2.75) is 19.4 Å². The zero-order valence-electron chi connectivity index (χ0n) is 10.3. The van der Waals surface area contributed by atoms with Crippen LogP contribution in [0.15, 0.2) is 22.7 Å². The second-order valence-corrected chi connectivity index (χ2v) is 5.21. The topological polar surface area (TPSA) is 50.9 Å². The summed E-state index contributed by atoms with van der Waals surface area (Å²) >= 11 is 3.33. The smallest absolute Gasteiger partial charge is 0.0999 e. The van der Waals surface area contributed by atoms with Gasteiger partial charge < -0.3 is 10.3 Å². The van der Waals surface area contributed by atoms with Gasteiger partial charge in [0.1, 0.15) is 0 Å². The molecule has 0 saturated heterocycles. The van der Waals surface area contributed by atoms with E-state index in [4.69, 9.17) is 10.7 Å². The lowest BCUT2D eigenvalue weighted by atomic mass is 9.99. The van der Waals surface area contributed by atoms with E-state index in [9.17, 15) is 0 Å². The summed E-state index contributed by atoms with van der Waals surface area (Å²) in [4.78, 5) is 2.07. The minimum absolute atomic E-state index is 0.290. The van der Waals surface area contributed by atoms with E-state index < -0.39 is 0 Å². The first kappa shape index (κ1) is 13.9. The van der Waals surface area contributed by atoms with Gasteiger partial charge in [0.2, 0.25) is 0 Å². The summed E-state index contributed by atoms with van der Waals surface area (Å²) in [6, 6.07) is 7.87. The molecule has 0 aliphatic carbocycles. The van der Waals surface area contributed by atoms with Crippen molar-refractivity contribution >= 4 is 21.6 Å². The molecule has 0 spiro atoms. The maximum atomic E-state index is 9.06. The Hall–Kier alpha value is -1.18. The van der Waals surface area contributed by atoms with Crippen molar-refractivity contribution in [2.75, 3.05) is 14.1 Å². The molecule has 0 aliphatic heterocycles. The van der Waals surface area contributed by atoms with E-state index in [2.05, 4.69) is 33.8 Å². The van der Waals surface area contributed by atoms with Gasteiger partial charge in [-0.25, -0.2) is 0 Å². The van der Waals surface area contributed by atoms with E-state index in [0.29, 0.717) is 17.7 Å². The van der Waals surface area contributed by atoms with Crippen molar-refractivity contribution in [3.05, 3.63) is 33.8 Å². The Kier molecular flexibility index (Phi) is 4.86. The quantitative estimate of drug-likeness (QED) is 0.868. The van der Waals surface area contributed by atoms with Crippen LogP contribution in [0, 0.1) is 16.7 Å². The predicted octanol–water partition coefficient (Wildman–Crippen LogP) is 3.03. The minimum atomic E-state index is 0.290. The van der Waals surface area contributed by atoms with Gasteiger partial charge in [0.25, 0.3) is 0 Å². The Morgan fingerprint density at radius 1 is 1.53 bits per heavy atom. The molecule has 3 nitrogen and oxygen atoms in total. The van der Waals surface area contributed by atoms with Gasteiger partial charge in [-0.05, 0) is 33.2 Å². The molecular formula is C13H16BrN3. The molecular weight excluding hydrogens is 278 g/mol. The van der Waals surface area contributed by atoms with Crippen molar-refractivity contribution in [3.8, 4) is 6.07 Å². The summed E-state index contributed by atoms with van der Waals surface area (Å²) in [5.41, 5.74) is 1.79. The Morgan fingerprint density at radius 3 is 2.71 bits per heavy atom. The molecule has 1 N–H and O–H groups in total. The largest absolute Gasteiger partial charge is 0.306 e. The van der Waals surface area contributed by atoms with E-state index in [1.807, 2.05) is 26.2 Å². The molecule has 0 saturated carbocycles. The Labute approximate surface area is 111 Å². The maximum absolute atomic E-state index is 9.06. The predicted molar refractivity (Wildman–Crippen MR) is 73.5 cm³/mol. The van der Waals surface area contributed by atoms with Crippen LogP contribution in [0.4, 0.5) is 0 Å². The lowest BCUT2D eigenvalue weighted by molar-refractivity contribution is 0.321. The fourth-order valence-corrected chi connectivity index (χ4v) is 1.82. The van der Waals surface area contributed by atoms with Crippen LogP contribution in [0.25, 0.3) is 0 Å². The molecule has 0 aliphatic rings. The number of nitriles is 1. The zero-order chi connectivity index (χ0) is 13.0. The summed E-state index contributed by atoms with van der Waals surface area (Å²) in [7, 11) is 3.98. The van der Waals surface area contributed by atoms with Crippen molar-refractivity contribution in [2.24, 2.45) is 0 Å². The number of nitrogens with one attached hydrogen (secondary N) is 1. The molecule has 1 aromatic carbocycles. The molecule has 1 rings (SSSR count). The van der Waals surface area contributed by atoms with Gasteiger partial charge >= 0.3 is 0 Å². The molecule has 17 heavy (non-hydrogen) atoms. The summed E-state index contributed by atoms with van der Waals surface area (Å²) in [5, 5.41) is 17.1. The van der Waals surface area contributed by atoms with Crippen LogP contribution >= 0.6 is 15.9 Å². The minimum Gasteiger partial charge on any atom is -0.306 e. The van der Waals surface area contributed by atoms with Crippen LogP contribution in [0.2, 0.25) is 0 Å². The third kappa shape index (κ3) is 3.65. The average molecular weight is 294 g/mol. The summed E-state index contributed by atoms with van der Waals surface area (Å²) in [6.07, 6.45) is 0.642. The zero-order valence-corrected chi connectivity index (χ0v) is 11.9. The van der Waals surface area contributed by atoms with Crippen LogP contribution in [0.5, 0.6) is 0 Å². The van der Waals surface area contributed by atoms with Crippen molar-refractivity contribution in [3.63, 3.8) is 0 Å².